The molecule has 2 rings (SSSR count). The standard InChI is InChI=1S/C15H16ClN3O3/c1-10-13(15(22)18(2)7-6-14(20)21)9-17-19(10)12-5-3-4-11(16)8-12/h3-5,8-9H,6-7H2,1-2H3,(H,20,21). The molecule has 1 N–H and O–H groups in total. The van der Waals surface area contributed by atoms with Crippen molar-refractivity contribution in [3.05, 3.63) is 46.7 Å². The molecule has 6 nitrogen and oxygen atoms in total. The second-order valence-electron chi connectivity index (χ2n) is 4.91. The highest BCUT2D eigenvalue weighted by Gasteiger charge is 2.19. The number of carbonyl (C=O) groups is 2. The molecular formula is C15H16ClN3O3. The number of benzene rings is 1. The molecule has 1 aromatic heterocycles. The van der Waals surface area contributed by atoms with Crippen molar-refractivity contribution < 1.29 is 14.7 Å². The summed E-state index contributed by atoms with van der Waals surface area (Å²) in [6, 6.07) is 7.16. The Morgan fingerprint density at radius 2 is 2.14 bits per heavy atom. The molecule has 0 saturated heterocycles. The average molecular weight is 322 g/mol. The number of hydrogen-bond acceptors (Lipinski definition) is 3. The summed E-state index contributed by atoms with van der Waals surface area (Å²) >= 11 is 5.97. The minimum atomic E-state index is -0.939. The Hall–Kier alpha value is -2.34. The zero-order valence-electron chi connectivity index (χ0n) is 12.3. The number of rotatable bonds is 5. The molecule has 0 radical (unpaired) electrons. The van der Waals surface area contributed by atoms with Gasteiger partial charge in [-0.25, -0.2) is 4.68 Å². The molecule has 0 fully saturated rings. The van der Waals surface area contributed by atoms with Crippen LogP contribution in [0.25, 0.3) is 5.69 Å². The highest BCUT2D eigenvalue weighted by atomic mass is 35.5. The van der Waals surface area contributed by atoms with E-state index in [1.54, 1.807) is 36.9 Å². The first-order valence-corrected chi connectivity index (χ1v) is 7.05. The van der Waals surface area contributed by atoms with Crippen LogP contribution in [0.4, 0.5) is 0 Å². The third kappa shape index (κ3) is 3.46. The van der Waals surface area contributed by atoms with Crippen molar-refractivity contribution in [3.63, 3.8) is 0 Å². The van der Waals surface area contributed by atoms with Crippen molar-refractivity contribution >= 4 is 23.5 Å². The van der Waals surface area contributed by atoms with Crippen LogP contribution in [0.5, 0.6) is 0 Å². The summed E-state index contributed by atoms with van der Waals surface area (Å²) in [5.41, 5.74) is 1.87. The smallest absolute Gasteiger partial charge is 0.305 e. The Kier molecular flexibility index (Phi) is 4.82. The first-order chi connectivity index (χ1) is 10.4. The summed E-state index contributed by atoms with van der Waals surface area (Å²) in [6.07, 6.45) is 1.39. The van der Waals surface area contributed by atoms with Gasteiger partial charge < -0.3 is 10.0 Å². The lowest BCUT2D eigenvalue weighted by atomic mass is 10.2. The zero-order chi connectivity index (χ0) is 16.3. The Bertz CT molecular complexity index is 712. The number of carboxylic acids is 1. The Morgan fingerprint density at radius 1 is 1.41 bits per heavy atom. The fourth-order valence-electron chi connectivity index (χ4n) is 2.06. The van der Waals surface area contributed by atoms with Crippen molar-refractivity contribution in [2.75, 3.05) is 13.6 Å². The van der Waals surface area contributed by atoms with E-state index in [4.69, 9.17) is 16.7 Å². The van der Waals surface area contributed by atoms with Gasteiger partial charge in [0.1, 0.15) is 0 Å². The Balaban J connectivity index is 2.24. The van der Waals surface area contributed by atoms with Gasteiger partial charge in [-0.15, -0.1) is 0 Å². The van der Waals surface area contributed by atoms with E-state index in [9.17, 15) is 9.59 Å². The van der Waals surface area contributed by atoms with Gasteiger partial charge >= 0.3 is 5.97 Å². The minimum Gasteiger partial charge on any atom is -0.481 e. The molecule has 22 heavy (non-hydrogen) atoms. The molecule has 0 atom stereocenters. The number of carbonyl (C=O) groups excluding carboxylic acids is 1. The number of hydrogen-bond donors (Lipinski definition) is 1. The largest absolute Gasteiger partial charge is 0.481 e. The summed E-state index contributed by atoms with van der Waals surface area (Å²) < 4.78 is 1.63. The van der Waals surface area contributed by atoms with E-state index in [2.05, 4.69) is 5.10 Å². The fourth-order valence-corrected chi connectivity index (χ4v) is 2.24. The van der Waals surface area contributed by atoms with Crippen LogP contribution in [0.1, 0.15) is 22.5 Å². The van der Waals surface area contributed by atoms with Crippen LogP contribution in [-0.4, -0.2) is 45.3 Å². The van der Waals surface area contributed by atoms with Gasteiger partial charge in [0, 0.05) is 18.6 Å². The maximum atomic E-state index is 12.3. The normalized spacial score (nSPS) is 10.5. The second-order valence-corrected chi connectivity index (χ2v) is 5.34. The van der Waals surface area contributed by atoms with Crippen molar-refractivity contribution in [3.8, 4) is 5.69 Å². The van der Waals surface area contributed by atoms with Crippen molar-refractivity contribution in [2.45, 2.75) is 13.3 Å². The highest BCUT2D eigenvalue weighted by molar-refractivity contribution is 6.30. The maximum absolute atomic E-state index is 12.3. The van der Waals surface area contributed by atoms with Crippen LogP contribution in [0.15, 0.2) is 30.5 Å². The number of aromatic nitrogens is 2. The van der Waals surface area contributed by atoms with Gasteiger partial charge in [0.05, 0.1) is 29.6 Å². The average Bonchev–Trinajstić information content (AvgIpc) is 2.85. The predicted molar refractivity (Wildman–Crippen MR) is 82.5 cm³/mol. The Morgan fingerprint density at radius 3 is 2.77 bits per heavy atom. The first kappa shape index (κ1) is 16.0. The fraction of sp³-hybridized carbons (Fsp3) is 0.267. The van der Waals surface area contributed by atoms with Gasteiger partial charge in [0.25, 0.3) is 5.91 Å². The summed E-state index contributed by atoms with van der Waals surface area (Å²) in [7, 11) is 1.57. The van der Waals surface area contributed by atoms with E-state index in [0.717, 1.165) is 5.69 Å². The van der Waals surface area contributed by atoms with Crippen LogP contribution in [0.2, 0.25) is 5.02 Å². The molecule has 0 unspecified atom stereocenters. The number of nitrogens with zero attached hydrogens (tertiary/aromatic N) is 3. The van der Waals surface area contributed by atoms with E-state index in [0.29, 0.717) is 16.3 Å². The SMILES string of the molecule is Cc1c(C(=O)N(C)CCC(=O)O)cnn1-c1cccc(Cl)c1. The molecule has 0 saturated carbocycles. The van der Waals surface area contributed by atoms with Gasteiger partial charge in [-0.1, -0.05) is 17.7 Å². The van der Waals surface area contributed by atoms with E-state index in [-0.39, 0.29) is 18.9 Å². The lowest BCUT2D eigenvalue weighted by Gasteiger charge is -2.15. The zero-order valence-corrected chi connectivity index (χ0v) is 13.0. The molecule has 1 heterocycles. The molecule has 0 aliphatic heterocycles. The lowest BCUT2D eigenvalue weighted by molar-refractivity contribution is -0.137. The molecule has 1 aromatic carbocycles. The quantitative estimate of drug-likeness (QED) is 0.917. The Labute approximate surface area is 132 Å². The minimum absolute atomic E-state index is 0.0935. The summed E-state index contributed by atoms with van der Waals surface area (Å²) in [4.78, 5) is 24.3. The molecule has 0 bridgehead atoms. The number of halogens is 1. The van der Waals surface area contributed by atoms with Crippen molar-refractivity contribution in [2.24, 2.45) is 0 Å². The number of carboxylic acid groups (broad SMARTS) is 1. The van der Waals surface area contributed by atoms with Gasteiger partial charge in [0.2, 0.25) is 0 Å². The number of amides is 1. The first-order valence-electron chi connectivity index (χ1n) is 6.68. The molecule has 0 aliphatic carbocycles. The lowest BCUT2D eigenvalue weighted by Crippen LogP contribution is -2.29. The van der Waals surface area contributed by atoms with E-state index >= 15 is 0 Å². The molecule has 0 aliphatic rings. The summed E-state index contributed by atoms with van der Waals surface area (Å²) in [5.74, 6) is -1.20. The monoisotopic (exact) mass is 321 g/mol. The molecule has 1 amide bonds. The molecule has 0 spiro atoms. The van der Waals surface area contributed by atoms with Gasteiger partial charge in [-0.3, -0.25) is 9.59 Å². The van der Waals surface area contributed by atoms with Crippen LogP contribution in [0, 0.1) is 6.92 Å². The third-order valence-electron chi connectivity index (χ3n) is 3.30. The van der Waals surface area contributed by atoms with Crippen LogP contribution in [-0.2, 0) is 4.79 Å². The second kappa shape index (κ2) is 6.62. The van der Waals surface area contributed by atoms with E-state index in [1.165, 1.54) is 11.1 Å². The summed E-state index contributed by atoms with van der Waals surface area (Å²) in [5, 5.41) is 13.5. The molecular weight excluding hydrogens is 306 g/mol. The van der Waals surface area contributed by atoms with Crippen molar-refractivity contribution in [1.82, 2.24) is 14.7 Å². The van der Waals surface area contributed by atoms with Gasteiger partial charge in [0.15, 0.2) is 0 Å². The molecule has 116 valence electrons. The van der Waals surface area contributed by atoms with Gasteiger partial charge in [-0.2, -0.15) is 5.10 Å². The highest BCUT2D eigenvalue weighted by Crippen LogP contribution is 2.18. The van der Waals surface area contributed by atoms with Crippen LogP contribution >= 0.6 is 11.6 Å². The molecule has 2 aromatic rings. The maximum Gasteiger partial charge on any atom is 0.305 e. The molecule has 7 heteroatoms. The van der Waals surface area contributed by atoms with Gasteiger partial charge in [-0.05, 0) is 25.1 Å². The number of aliphatic carboxylic acids is 1. The predicted octanol–water partition coefficient (Wildman–Crippen LogP) is 2.38. The van der Waals surface area contributed by atoms with E-state index in [1.807, 2.05) is 6.07 Å². The van der Waals surface area contributed by atoms with E-state index < -0.39 is 5.97 Å². The topological polar surface area (TPSA) is 75.4 Å². The third-order valence-corrected chi connectivity index (χ3v) is 3.54. The van der Waals surface area contributed by atoms with Crippen LogP contribution < -0.4 is 0 Å². The van der Waals surface area contributed by atoms with Crippen LogP contribution in [0.3, 0.4) is 0 Å². The van der Waals surface area contributed by atoms with Crippen molar-refractivity contribution in [1.29, 1.82) is 0 Å². The summed E-state index contributed by atoms with van der Waals surface area (Å²) in [6.45, 7) is 1.93.